The normalized spacial score (nSPS) is 10.1. The Labute approximate surface area is 132 Å². The summed E-state index contributed by atoms with van der Waals surface area (Å²) in [5.41, 5.74) is 4.63. The first kappa shape index (κ1) is 15.9. The molecule has 0 aliphatic heterocycles. The van der Waals surface area contributed by atoms with Crippen LogP contribution >= 0.6 is 0 Å². The second-order valence-electron chi connectivity index (χ2n) is 5.07. The molecule has 0 unspecified atom stereocenters. The van der Waals surface area contributed by atoms with Crippen molar-refractivity contribution >= 4 is 0 Å². The van der Waals surface area contributed by atoms with Gasteiger partial charge in [-0.15, -0.1) is 0 Å². The van der Waals surface area contributed by atoms with Gasteiger partial charge in [0.15, 0.2) is 11.5 Å². The lowest BCUT2D eigenvalue weighted by Crippen LogP contribution is -1.96. The van der Waals surface area contributed by atoms with Crippen LogP contribution in [0.3, 0.4) is 0 Å². The molecule has 114 valence electrons. The Kier molecular flexibility index (Phi) is 5.43. The highest BCUT2D eigenvalue weighted by molar-refractivity contribution is 5.71. The lowest BCUT2D eigenvalue weighted by atomic mass is 9.95. The SMILES string of the molecule is CCc1ccc(-c2cc(OC)c(OC)cc2CCC#N)cc1. The highest BCUT2D eigenvalue weighted by Gasteiger charge is 2.12. The van der Waals surface area contributed by atoms with Crippen molar-refractivity contribution in [1.82, 2.24) is 0 Å². The van der Waals surface area contributed by atoms with E-state index in [0.29, 0.717) is 24.3 Å². The van der Waals surface area contributed by atoms with Crippen molar-refractivity contribution < 1.29 is 9.47 Å². The van der Waals surface area contributed by atoms with Gasteiger partial charge in [0.25, 0.3) is 0 Å². The molecule has 0 atom stereocenters. The van der Waals surface area contributed by atoms with Gasteiger partial charge in [-0.25, -0.2) is 0 Å². The van der Waals surface area contributed by atoms with Crippen molar-refractivity contribution in [2.24, 2.45) is 0 Å². The monoisotopic (exact) mass is 295 g/mol. The second-order valence-corrected chi connectivity index (χ2v) is 5.07. The van der Waals surface area contributed by atoms with Crippen molar-refractivity contribution in [3.8, 4) is 28.7 Å². The molecule has 0 spiro atoms. The number of benzene rings is 2. The average Bonchev–Trinajstić information content (AvgIpc) is 2.59. The Hall–Kier alpha value is -2.47. The lowest BCUT2D eigenvalue weighted by Gasteiger charge is -2.15. The number of aryl methyl sites for hydroxylation is 2. The molecule has 0 fully saturated rings. The topological polar surface area (TPSA) is 42.2 Å². The highest BCUT2D eigenvalue weighted by atomic mass is 16.5. The molecule has 3 nitrogen and oxygen atoms in total. The Morgan fingerprint density at radius 2 is 1.64 bits per heavy atom. The standard InChI is InChI=1S/C19H21NO2/c1-4-14-7-9-15(10-8-14)17-13-19(22-3)18(21-2)12-16(17)6-5-11-20/h7-10,12-13H,4-6H2,1-3H3. The smallest absolute Gasteiger partial charge is 0.161 e. The van der Waals surface area contributed by atoms with Crippen LogP contribution in [0.1, 0.15) is 24.5 Å². The van der Waals surface area contributed by atoms with Crippen LogP contribution in [0.25, 0.3) is 11.1 Å². The summed E-state index contributed by atoms with van der Waals surface area (Å²) in [5, 5.41) is 8.88. The van der Waals surface area contributed by atoms with Crippen molar-refractivity contribution in [1.29, 1.82) is 5.26 Å². The van der Waals surface area contributed by atoms with Crippen LogP contribution in [-0.2, 0) is 12.8 Å². The number of methoxy groups -OCH3 is 2. The number of rotatable bonds is 6. The molecule has 0 N–H and O–H groups in total. The summed E-state index contributed by atoms with van der Waals surface area (Å²) in [5.74, 6) is 1.40. The van der Waals surface area contributed by atoms with Gasteiger partial charge in [0.05, 0.1) is 20.3 Å². The van der Waals surface area contributed by atoms with Crippen LogP contribution in [0.4, 0.5) is 0 Å². The van der Waals surface area contributed by atoms with Crippen molar-refractivity contribution in [2.45, 2.75) is 26.2 Å². The lowest BCUT2D eigenvalue weighted by molar-refractivity contribution is 0.354. The molecular formula is C19H21NO2. The van der Waals surface area contributed by atoms with Gasteiger partial charge < -0.3 is 9.47 Å². The van der Waals surface area contributed by atoms with Crippen molar-refractivity contribution in [3.05, 3.63) is 47.5 Å². The zero-order chi connectivity index (χ0) is 15.9. The third-order valence-electron chi connectivity index (χ3n) is 3.79. The van der Waals surface area contributed by atoms with E-state index in [4.69, 9.17) is 14.7 Å². The van der Waals surface area contributed by atoms with E-state index >= 15 is 0 Å². The Bertz CT molecular complexity index is 669. The number of nitriles is 1. The number of hydrogen-bond donors (Lipinski definition) is 0. The van der Waals surface area contributed by atoms with Crippen LogP contribution < -0.4 is 9.47 Å². The molecule has 0 saturated heterocycles. The fourth-order valence-electron chi connectivity index (χ4n) is 2.51. The molecule has 0 amide bonds. The van der Waals surface area contributed by atoms with Crippen LogP contribution in [0.5, 0.6) is 11.5 Å². The van der Waals surface area contributed by atoms with E-state index in [1.807, 2.05) is 12.1 Å². The van der Waals surface area contributed by atoms with E-state index in [9.17, 15) is 0 Å². The average molecular weight is 295 g/mol. The van der Waals surface area contributed by atoms with E-state index < -0.39 is 0 Å². The first-order valence-electron chi connectivity index (χ1n) is 7.44. The van der Waals surface area contributed by atoms with E-state index in [2.05, 4.69) is 37.3 Å². The van der Waals surface area contributed by atoms with Gasteiger partial charge in [-0.3, -0.25) is 0 Å². The molecule has 2 aromatic carbocycles. The van der Waals surface area contributed by atoms with E-state index in [-0.39, 0.29) is 0 Å². The van der Waals surface area contributed by atoms with Crippen LogP contribution in [-0.4, -0.2) is 14.2 Å². The molecule has 0 bridgehead atoms. The predicted molar refractivity (Wildman–Crippen MR) is 88.3 cm³/mol. The first-order chi connectivity index (χ1) is 10.7. The van der Waals surface area contributed by atoms with Crippen molar-refractivity contribution in [2.75, 3.05) is 14.2 Å². The fraction of sp³-hybridized carbons (Fsp3) is 0.316. The molecule has 0 aliphatic rings. The maximum Gasteiger partial charge on any atom is 0.161 e. The largest absolute Gasteiger partial charge is 0.493 e. The van der Waals surface area contributed by atoms with E-state index in [1.165, 1.54) is 5.56 Å². The minimum absolute atomic E-state index is 0.482. The third-order valence-corrected chi connectivity index (χ3v) is 3.79. The van der Waals surface area contributed by atoms with Crippen molar-refractivity contribution in [3.63, 3.8) is 0 Å². The van der Waals surface area contributed by atoms with Gasteiger partial charge in [-0.1, -0.05) is 31.2 Å². The highest BCUT2D eigenvalue weighted by Crippen LogP contribution is 2.36. The molecule has 2 aromatic rings. The summed E-state index contributed by atoms with van der Waals surface area (Å²) in [6.07, 6.45) is 2.20. The Morgan fingerprint density at radius 3 is 2.18 bits per heavy atom. The molecule has 0 radical (unpaired) electrons. The van der Waals surface area contributed by atoms with Gasteiger partial charge >= 0.3 is 0 Å². The summed E-state index contributed by atoms with van der Waals surface area (Å²) in [6, 6.07) is 14.7. The summed E-state index contributed by atoms with van der Waals surface area (Å²) in [4.78, 5) is 0. The predicted octanol–water partition coefficient (Wildman–Crippen LogP) is 4.39. The molecule has 0 aliphatic carbocycles. The second kappa shape index (κ2) is 7.51. The van der Waals surface area contributed by atoms with Crippen LogP contribution in [0.15, 0.2) is 36.4 Å². The molecule has 0 heterocycles. The van der Waals surface area contributed by atoms with Gasteiger partial charge in [0, 0.05) is 6.42 Å². The molecular weight excluding hydrogens is 274 g/mol. The Balaban J connectivity index is 2.52. The van der Waals surface area contributed by atoms with Gasteiger partial charge in [-0.05, 0) is 47.2 Å². The van der Waals surface area contributed by atoms with Crippen LogP contribution in [0.2, 0.25) is 0 Å². The van der Waals surface area contributed by atoms with E-state index in [1.54, 1.807) is 14.2 Å². The van der Waals surface area contributed by atoms with Gasteiger partial charge in [0.1, 0.15) is 0 Å². The molecule has 0 saturated carbocycles. The molecule has 2 rings (SSSR count). The molecule has 3 heteroatoms. The van der Waals surface area contributed by atoms with Gasteiger partial charge in [0.2, 0.25) is 0 Å². The quantitative estimate of drug-likeness (QED) is 0.793. The minimum Gasteiger partial charge on any atom is -0.493 e. The third kappa shape index (κ3) is 3.40. The van der Waals surface area contributed by atoms with Gasteiger partial charge in [-0.2, -0.15) is 5.26 Å². The zero-order valence-electron chi connectivity index (χ0n) is 13.3. The minimum atomic E-state index is 0.482. The van der Waals surface area contributed by atoms with E-state index in [0.717, 1.165) is 23.1 Å². The number of ether oxygens (including phenoxy) is 2. The Morgan fingerprint density at radius 1 is 1.00 bits per heavy atom. The summed E-state index contributed by atoms with van der Waals surface area (Å²) in [6.45, 7) is 2.14. The number of nitrogens with zero attached hydrogens (tertiary/aromatic N) is 1. The van der Waals surface area contributed by atoms with Crippen LogP contribution in [0, 0.1) is 11.3 Å². The number of hydrogen-bond acceptors (Lipinski definition) is 3. The maximum absolute atomic E-state index is 8.88. The molecule has 22 heavy (non-hydrogen) atoms. The maximum atomic E-state index is 8.88. The first-order valence-corrected chi connectivity index (χ1v) is 7.44. The summed E-state index contributed by atoms with van der Waals surface area (Å²) in [7, 11) is 3.26. The molecule has 0 aromatic heterocycles. The summed E-state index contributed by atoms with van der Waals surface area (Å²) >= 11 is 0. The summed E-state index contributed by atoms with van der Waals surface area (Å²) < 4.78 is 10.8. The zero-order valence-corrected chi connectivity index (χ0v) is 13.3. The fourth-order valence-corrected chi connectivity index (χ4v) is 2.51.